The van der Waals surface area contributed by atoms with Gasteiger partial charge in [-0.1, -0.05) is 25.1 Å². The molecule has 174 valence electrons. The SMILES string of the molecule is CCc1ccccc1NC(=O)CC(=O)NN=Cc1ccc(OCc2ccc([N+](=O)[O-])cc2)cc1. The number of anilines is 1. The van der Waals surface area contributed by atoms with Gasteiger partial charge in [0.2, 0.25) is 11.8 Å². The molecule has 0 saturated carbocycles. The minimum Gasteiger partial charge on any atom is -0.489 e. The van der Waals surface area contributed by atoms with Crippen LogP contribution in [0.2, 0.25) is 0 Å². The van der Waals surface area contributed by atoms with Gasteiger partial charge in [-0.15, -0.1) is 0 Å². The van der Waals surface area contributed by atoms with Gasteiger partial charge in [0.1, 0.15) is 18.8 Å². The molecule has 0 aliphatic carbocycles. The van der Waals surface area contributed by atoms with Crippen molar-refractivity contribution in [2.45, 2.75) is 26.4 Å². The number of nitro benzene ring substituents is 1. The van der Waals surface area contributed by atoms with Crippen molar-refractivity contribution < 1.29 is 19.2 Å². The molecule has 0 aliphatic rings. The molecule has 34 heavy (non-hydrogen) atoms. The van der Waals surface area contributed by atoms with Crippen LogP contribution >= 0.6 is 0 Å². The minimum absolute atomic E-state index is 0.0296. The van der Waals surface area contributed by atoms with Crippen molar-refractivity contribution in [3.8, 4) is 5.75 Å². The van der Waals surface area contributed by atoms with Gasteiger partial charge in [-0.05, 0) is 65.6 Å². The van der Waals surface area contributed by atoms with Crippen molar-refractivity contribution in [2.24, 2.45) is 5.10 Å². The fraction of sp³-hybridized carbons (Fsp3) is 0.160. The van der Waals surface area contributed by atoms with Crippen LogP contribution in [0.1, 0.15) is 30.0 Å². The Bertz CT molecular complexity index is 1170. The van der Waals surface area contributed by atoms with Crippen LogP contribution in [0.25, 0.3) is 0 Å². The van der Waals surface area contributed by atoms with Crippen molar-refractivity contribution in [2.75, 3.05) is 5.32 Å². The summed E-state index contributed by atoms with van der Waals surface area (Å²) < 4.78 is 5.67. The van der Waals surface area contributed by atoms with E-state index >= 15 is 0 Å². The Morgan fingerprint density at radius 2 is 1.71 bits per heavy atom. The predicted molar refractivity (Wildman–Crippen MR) is 129 cm³/mol. The molecule has 0 atom stereocenters. The van der Waals surface area contributed by atoms with E-state index in [1.165, 1.54) is 18.3 Å². The Morgan fingerprint density at radius 3 is 2.38 bits per heavy atom. The number of aryl methyl sites for hydroxylation is 1. The average Bonchev–Trinajstić information content (AvgIpc) is 2.84. The number of non-ortho nitro benzene ring substituents is 1. The maximum atomic E-state index is 12.1. The van der Waals surface area contributed by atoms with E-state index in [-0.39, 0.29) is 18.7 Å². The molecule has 0 fully saturated rings. The van der Waals surface area contributed by atoms with Crippen molar-refractivity contribution in [1.82, 2.24) is 5.43 Å². The summed E-state index contributed by atoms with van der Waals surface area (Å²) in [5.74, 6) is -0.322. The second-order valence-electron chi connectivity index (χ2n) is 7.31. The van der Waals surface area contributed by atoms with Crippen LogP contribution in [-0.4, -0.2) is 23.0 Å². The average molecular weight is 460 g/mol. The van der Waals surface area contributed by atoms with E-state index in [1.54, 1.807) is 42.5 Å². The predicted octanol–water partition coefficient (Wildman–Crippen LogP) is 4.22. The van der Waals surface area contributed by atoms with E-state index in [0.717, 1.165) is 23.1 Å². The fourth-order valence-electron chi connectivity index (χ4n) is 3.04. The molecule has 0 radical (unpaired) electrons. The standard InChI is InChI=1S/C25H24N4O5/c1-2-20-5-3-4-6-23(20)27-24(30)15-25(31)28-26-16-18-9-13-22(14-10-18)34-17-19-7-11-21(12-8-19)29(32)33/h3-14,16H,2,15,17H2,1H3,(H,27,30)(H,28,31). The maximum Gasteiger partial charge on any atom is 0.269 e. The molecule has 3 aromatic rings. The van der Waals surface area contributed by atoms with E-state index in [9.17, 15) is 19.7 Å². The number of hydrogen-bond acceptors (Lipinski definition) is 6. The smallest absolute Gasteiger partial charge is 0.269 e. The zero-order chi connectivity index (χ0) is 24.3. The maximum absolute atomic E-state index is 12.1. The number of ether oxygens (including phenoxy) is 1. The van der Waals surface area contributed by atoms with Gasteiger partial charge in [0, 0.05) is 17.8 Å². The fourth-order valence-corrected chi connectivity index (χ4v) is 3.04. The third-order valence-corrected chi connectivity index (χ3v) is 4.83. The summed E-state index contributed by atoms with van der Waals surface area (Å²) in [5.41, 5.74) is 5.59. The van der Waals surface area contributed by atoms with Crippen molar-refractivity contribution in [3.63, 3.8) is 0 Å². The third-order valence-electron chi connectivity index (χ3n) is 4.83. The van der Waals surface area contributed by atoms with Gasteiger partial charge in [0.15, 0.2) is 0 Å². The van der Waals surface area contributed by atoms with Crippen LogP contribution in [0.15, 0.2) is 77.9 Å². The number of rotatable bonds is 10. The highest BCUT2D eigenvalue weighted by Gasteiger charge is 2.10. The molecule has 2 amide bonds. The van der Waals surface area contributed by atoms with Crippen molar-refractivity contribution in [3.05, 3.63) is 99.6 Å². The van der Waals surface area contributed by atoms with Crippen LogP contribution in [0, 0.1) is 10.1 Å². The Morgan fingerprint density at radius 1 is 1.00 bits per heavy atom. The number of hydrazone groups is 1. The lowest BCUT2D eigenvalue weighted by Gasteiger charge is -2.09. The van der Waals surface area contributed by atoms with E-state index in [2.05, 4.69) is 15.8 Å². The number of nitro groups is 1. The van der Waals surface area contributed by atoms with Gasteiger partial charge in [-0.2, -0.15) is 5.10 Å². The highest BCUT2D eigenvalue weighted by atomic mass is 16.6. The Balaban J connectivity index is 1.43. The second kappa shape index (κ2) is 11.9. The molecular formula is C25H24N4O5. The molecule has 0 saturated heterocycles. The number of amides is 2. The van der Waals surface area contributed by atoms with E-state index in [0.29, 0.717) is 11.4 Å². The lowest BCUT2D eigenvalue weighted by atomic mass is 10.1. The molecule has 9 nitrogen and oxygen atoms in total. The monoisotopic (exact) mass is 460 g/mol. The number of carbonyl (C=O) groups excluding carboxylic acids is 2. The van der Waals surface area contributed by atoms with Gasteiger partial charge in [0.25, 0.3) is 5.69 Å². The molecule has 0 aromatic heterocycles. The van der Waals surface area contributed by atoms with Gasteiger partial charge < -0.3 is 10.1 Å². The summed E-state index contributed by atoms with van der Waals surface area (Å²) >= 11 is 0. The third kappa shape index (κ3) is 7.27. The molecular weight excluding hydrogens is 436 g/mol. The number of para-hydroxylation sites is 1. The lowest BCUT2D eigenvalue weighted by Crippen LogP contribution is -2.25. The van der Waals surface area contributed by atoms with Crippen LogP contribution in [-0.2, 0) is 22.6 Å². The summed E-state index contributed by atoms with van der Waals surface area (Å²) in [6.45, 7) is 2.26. The molecule has 2 N–H and O–H groups in total. The molecule has 0 spiro atoms. The topological polar surface area (TPSA) is 123 Å². The number of carbonyl (C=O) groups is 2. The summed E-state index contributed by atoms with van der Waals surface area (Å²) in [4.78, 5) is 34.3. The molecule has 9 heteroatoms. The second-order valence-corrected chi connectivity index (χ2v) is 7.31. The number of nitrogens with zero attached hydrogens (tertiary/aromatic N) is 2. The largest absolute Gasteiger partial charge is 0.489 e. The molecule has 0 aliphatic heterocycles. The minimum atomic E-state index is -0.522. The van der Waals surface area contributed by atoms with E-state index < -0.39 is 16.7 Å². The van der Waals surface area contributed by atoms with E-state index in [1.807, 2.05) is 25.1 Å². The number of nitrogens with one attached hydrogen (secondary N) is 2. The zero-order valence-corrected chi connectivity index (χ0v) is 18.6. The normalized spacial score (nSPS) is 10.6. The van der Waals surface area contributed by atoms with Crippen LogP contribution in [0.4, 0.5) is 11.4 Å². The first-order valence-electron chi connectivity index (χ1n) is 10.6. The molecule has 0 bridgehead atoms. The number of benzene rings is 3. The van der Waals surface area contributed by atoms with Gasteiger partial charge in [-0.25, -0.2) is 5.43 Å². The summed E-state index contributed by atoms with van der Waals surface area (Å²) in [6, 6.07) is 20.6. The summed E-state index contributed by atoms with van der Waals surface area (Å²) in [6.07, 6.45) is 1.89. The van der Waals surface area contributed by atoms with Gasteiger partial charge >= 0.3 is 0 Å². The molecule has 0 unspecified atom stereocenters. The Kier molecular flexibility index (Phi) is 8.45. The molecule has 0 heterocycles. The highest BCUT2D eigenvalue weighted by Crippen LogP contribution is 2.17. The summed E-state index contributed by atoms with van der Waals surface area (Å²) in [5, 5.41) is 17.3. The zero-order valence-electron chi connectivity index (χ0n) is 18.6. The Hall–Kier alpha value is -4.53. The quantitative estimate of drug-likeness (QED) is 0.203. The van der Waals surface area contributed by atoms with Crippen LogP contribution in [0.5, 0.6) is 5.75 Å². The summed E-state index contributed by atoms with van der Waals surface area (Å²) in [7, 11) is 0. The first-order valence-corrected chi connectivity index (χ1v) is 10.6. The van der Waals surface area contributed by atoms with Crippen LogP contribution in [0.3, 0.4) is 0 Å². The van der Waals surface area contributed by atoms with Crippen LogP contribution < -0.4 is 15.5 Å². The van der Waals surface area contributed by atoms with Crippen molar-refractivity contribution >= 4 is 29.4 Å². The van der Waals surface area contributed by atoms with Gasteiger partial charge in [0.05, 0.1) is 11.1 Å². The first kappa shape index (κ1) is 24.1. The number of hydrogen-bond donors (Lipinski definition) is 2. The van der Waals surface area contributed by atoms with Crippen molar-refractivity contribution in [1.29, 1.82) is 0 Å². The first-order chi connectivity index (χ1) is 16.4. The molecule has 3 aromatic carbocycles. The van der Waals surface area contributed by atoms with E-state index in [4.69, 9.17) is 4.74 Å². The van der Waals surface area contributed by atoms with Gasteiger partial charge in [-0.3, -0.25) is 19.7 Å². The highest BCUT2D eigenvalue weighted by molar-refractivity contribution is 6.04. The lowest BCUT2D eigenvalue weighted by molar-refractivity contribution is -0.384. The Labute approximate surface area is 196 Å². The molecule has 3 rings (SSSR count).